The molecule has 0 heterocycles. The average Bonchev–Trinajstić information content (AvgIpc) is 1.96. The van der Waals surface area contributed by atoms with Gasteiger partial charge in [-0.3, -0.25) is 0 Å². The van der Waals surface area contributed by atoms with Gasteiger partial charge in [0.1, 0.15) is 17.2 Å². The lowest BCUT2D eigenvalue weighted by atomic mass is 10.2. The monoisotopic (exact) mass is 168 g/mol. The first-order chi connectivity index (χ1) is 5.65. The maximum Gasteiger partial charge on any atom is 0.131 e. The molecule has 0 aliphatic heterocycles. The summed E-state index contributed by atoms with van der Waals surface area (Å²) in [6.45, 7) is 0. The molecule has 0 saturated heterocycles. The summed E-state index contributed by atoms with van der Waals surface area (Å²) in [6.07, 6.45) is 1.09. The van der Waals surface area contributed by atoms with E-state index in [0.29, 0.717) is 0 Å². The van der Waals surface area contributed by atoms with Crippen molar-refractivity contribution < 1.29 is 15.3 Å². The average molecular weight is 168 g/mol. The number of aromatic hydroxyl groups is 3. The van der Waals surface area contributed by atoms with Crippen LogP contribution in [0.4, 0.5) is 0 Å². The molecule has 1 rings (SSSR count). The first kappa shape index (κ1) is 8.19. The van der Waals surface area contributed by atoms with E-state index in [2.05, 4.69) is 5.10 Å². The predicted molar refractivity (Wildman–Crippen MR) is 43.2 cm³/mol. The van der Waals surface area contributed by atoms with Crippen LogP contribution in [0.1, 0.15) is 5.56 Å². The molecule has 0 aliphatic carbocycles. The quantitative estimate of drug-likeness (QED) is 0.271. The maximum absolute atomic E-state index is 9.14. The molecule has 12 heavy (non-hydrogen) atoms. The van der Waals surface area contributed by atoms with E-state index < -0.39 is 0 Å². The molecule has 0 saturated carbocycles. The van der Waals surface area contributed by atoms with Crippen LogP contribution in [-0.2, 0) is 0 Å². The summed E-state index contributed by atoms with van der Waals surface area (Å²) in [5.74, 6) is 4.05. The fourth-order valence-corrected chi connectivity index (χ4v) is 0.815. The summed E-state index contributed by atoms with van der Waals surface area (Å²) < 4.78 is 0. The number of rotatable bonds is 1. The lowest BCUT2D eigenvalue weighted by Gasteiger charge is -2.01. The molecular formula is C7H8N2O3. The Morgan fingerprint density at radius 2 is 1.67 bits per heavy atom. The Balaban J connectivity index is 3.28. The van der Waals surface area contributed by atoms with Gasteiger partial charge in [-0.15, -0.1) is 0 Å². The van der Waals surface area contributed by atoms with Crippen LogP contribution in [0.15, 0.2) is 17.2 Å². The highest BCUT2D eigenvalue weighted by molar-refractivity contribution is 5.87. The smallest absolute Gasteiger partial charge is 0.131 e. The van der Waals surface area contributed by atoms with Gasteiger partial charge in [-0.2, -0.15) is 5.10 Å². The van der Waals surface area contributed by atoms with Crippen molar-refractivity contribution in [2.45, 2.75) is 0 Å². The Hall–Kier alpha value is -1.91. The Kier molecular flexibility index (Phi) is 2.05. The van der Waals surface area contributed by atoms with E-state index in [9.17, 15) is 0 Å². The molecule has 0 atom stereocenters. The van der Waals surface area contributed by atoms with Crippen LogP contribution in [0.2, 0.25) is 0 Å². The van der Waals surface area contributed by atoms with Gasteiger partial charge in [0.25, 0.3) is 0 Å². The Morgan fingerprint density at radius 3 is 2.08 bits per heavy atom. The third-order valence-corrected chi connectivity index (χ3v) is 1.32. The molecule has 0 aromatic heterocycles. The van der Waals surface area contributed by atoms with Crippen molar-refractivity contribution in [3.8, 4) is 17.2 Å². The van der Waals surface area contributed by atoms with Crippen molar-refractivity contribution in [2.75, 3.05) is 0 Å². The van der Waals surface area contributed by atoms with E-state index in [1.807, 2.05) is 0 Å². The zero-order valence-corrected chi connectivity index (χ0v) is 6.10. The van der Waals surface area contributed by atoms with Crippen molar-refractivity contribution in [3.63, 3.8) is 0 Å². The van der Waals surface area contributed by atoms with Crippen LogP contribution >= 0.6 is 0 Å². The van der Waals surface area contributed by atoms with Gasteiger partial charge in [0.15, 0.2) is 0 Å². The second kappa shape index (κ2) is 3.00. The molecule has 0 unspecified atom stereocenters. The maximum atomic E-state index is 9.14. The number of hydrazone groups is 1. The van der Waals surface area contributed by atoms with Gasteiger partial charge in [0.05, 0.1) is 11.8 Å². The summed E-state index contributed by atoms with van der Waals surface area (Å²) in [4.78, 5) is 0. The van der Waals surface area contributed by atoms with Gasteiger partial charge < -0.3 is 21.2 Å². The molecule has 5 heteroatoms. The zero-order valence-electron chi connectivity index (χ0n) is 6.10. The molecular weight excluding hydrogens is 160 g/mol. The molecule has 0 spiro atoms. The fraction of sp³-hybridized carbons (Fsp3) is 0. The van der Waals surface area contributed by atoms with Crippen molar-refractivity contribution in [3.05, 3.63) is 17.7 Å². The molecule has 0 amide bonds. The van der Waals surface area contributed by atoms with E-state index in [1.165, 1.54) is 0 Å². The van der Waals surface area contributed by atoms with E-state index >= 15 is 0 Å². The number of nitrogens with zero attached hydrogens (tertiary/aromatic N) is 1. The molecule has 5 nitrogen and oxygen atoms in total. The lowest BCUT2D eigenvalue weighted by molar-refractivity contribution is 0.427. The third-order valence-electron chi connectivity index (χ3n) is 1.32. The van der Waals surface area contributed by atoms with Crippen molar-refractivity contribution in [1.82, 2.24) is 0 Å². The van der Waals surface area contributed by atoms with Crippen LogP contribution in [0, 0.1) is 0 Å². The van der Waals surface area contributed by atoms with Crippen LogP contribution in [0.5, 0.6) is 17.2 Å². The van der Waals surface area contributed by atoms with Gasteiger partial charge in [-0.05, 0) is 0 Å². The Bertz CT molecular complexity index is 299. The second-order valence-corrected chi connectivity index (χ2v) is 2.18. The number of hydrogen-bond donors (Lipinski definition) is 4. The number of phenolic OH excluding ortho intramolecular Hbond substituents is 3. The number of phenols is 3. The van der Waals surface area contributed by atoms with Crippen LogP contribution < -0.4 is 5.84 Å². The van der Waals surface area contributed by atoms with Crippen LogP contribution in [0.25, 0.3) is 0 Å². The summed E-state index contributed by atoms with van der Waals surface area (Å²) in [5, 5.41) is 30.3. The third kappa shape index (κ3) is 1.39. The molecule has 5 N–H and O–H groups in total. The summed E-state index contributed by atoms with van der Waals surface area (Å²) in [5.41, 5.74) is 0.0790. The largest absolute Gasteiger partial charge is 0.508 e. The molecule has 1 aromatic rings. The summed E-state index contributed by atoms with van der Waals surface area (Å²) in [7, 11) is 0. The zero-order chi connectivity index (χ0) is 9.14. The topological polar surface area (TPSA) is 99.1 Å². The van der Waals surface area contributed by atoms with Gasteiger partial charge in [-0.1, -0.05) is 0 Å². The normalized spacial score (nSPS) is 10.7. The Morgan fingerprint density at radius 1 is 1.17 bits per heavy atom. The molecule has 0 radical (unpaired) electrons. The summed E-state index contributed by atoms with van der Waals surface area (Å²) >= 11 is 0. The van der Waals surface area contributed by atoms with Crippen LogP contribution in [-0.4, -0.2) is 21.5 Å². The predicted octanol–water partition coefficient (Wildman–Crippen LogP) is 0.0960. The molecule has 0 aliphatic rings. The lowest BCUT2D eigenvalue weighted by Crippen LogP contribution is -1.87. The van der Waals surface area contributed by atoms with Crippen LogP contribution in [0.3, 0.4) is 0 Å². The highest BCUT2D eigenvalue weighted by atomic mass is 16.3. The van der Waals surface area contributed by atoms with Gasteiger partial charge in [-0.25, -0.2) is 0 Å². The highest BCUT2D eigenvalue weighted by Crippen LogP contribution is 2.29. The minimum atomic E-state index is -0.276. The Labute approximate surface area is 68.4 Å². The van der Waals surface area contributed by atoms with E-state index in [4.69, 9.17) is 21.2 Å². The SMILES string of the molecule is NN=Cc1c(O)cc(O)cc1O. The van der Waals surface area contributed by atoms with E-state index in [0.717, 1.165) is 18.3 Å². The number of benzene rings is 1. The standard InChI is InChI=1S/C7H8N2O3/c8-9-3-5-6(11)1-4(10)2-7(5)12/h1-3,10-12H,8H2. The summed E-state index contributed by atoms with van der Waals surface area (Å²) in [6, 6.07) is 2.16. The minimum Gasteiger partial charge on any atom is -0.508 e. The van der Waals surface area contributed by atoms with Gasteiger partial charge in [0, 0.05) is 12.1 Å². The van der Waals surface area contributed by atoms with Crippen molar-refractivity contribution in [2.24, 2.45) is 10.9 Å². The van der Waals surface area contributed by atoms with E-state index in [-0.39, 0.29) is 22.8 Å². The molecule has 1 aromatic carbocycles. The minimum absolute atomic E-state index is 0.0790. The second-order valence-electron chi connectivity index (χ2n) is 2.18. The van der Waals surface area contributed by atoms with Gasteiger partial charge >= 0.3 is 0 Å². The fourth-order valence-electron chi connectivity index (χ4n) is 0.815. The van der Waals surface area contributed by atoms with Crippen molar-refractivity contribution in [1.29, 1.82) is 0 Å². The molecule has 64 valence electrons. The highest BCUT2D eigenvalue weighted by Gasteiger charge is 2.06. The first-order valence-corrected chi connectivity index (χ1v) is 3.13. The van der Waals surface area contributed by atoms with Gasteiger partial charge in [0.2, 0.25) is 0 Å². The number of hydrogen-bond acceptors (Lipinski definition) is 5. The molecule has 0 fully saturated rings. The number of nitrogens with two attached hydrogens (primary N) is 1. The van der Waals surface area contributed by atoms with Crippen molar-refractivity contribution >= 4 is 6.21 Å². The van der Waals surface area contributed by atoms with E-state index in [1.54, 1.807) is 0 Å². The molecule has 0 bridgehead atoms. The first-order valence-electron chi connectivity index (χ1n) is 3.13.